The molecule has 0 bridgehead atoms. The highest BCUT2D eigenvalue weighted by molar-refractivity contribution is 5.77. The van der Waals surface area contributed by atoms with E-state index in [9.17, 15) is 9.59 Å². The molecule has 0 saturated heterocycles. The maximum atomic E-state index is 12.0. The first-order valence-electron chi connectivity index (χ1n) is 7.04. The second kappa shape index (κ2) is 5.35. The third-order valence-corrected chi connectivity index (χ3v) is 3.11. The zero-order valence-electron chi connectivity index (χ0n) is 13.2. The predicted molar refractivity (Wildman–Crippen MR) is 81.2 cm³/mol. The summed E-state index contributed by atoms with van der Waals surface area (Å²) in [5, 5.41) is 5.81. The van der Waals surface area contributed by atoms with Crippen molar-refractivity contribution >= 4 is 11.6 Å². The van der Waals surface area contributed by atoms with Gasteiger partial charge >= 0.3 is 0 Å². The molecule has 2 rings (SSSR count). The smallest absolute Gasteiger partial charge is 0.272 e. The SMILES string of the molecule is Cc1cc2nc([C@H](C)NC(=O)CC(C)(C)C)cc(=O)n2[nH]1. The molecule has 0 spiro atoms. The lowest BCUT2D eigenvalue weighted by Gasteiger charge is -2.19. The van der Waals surface area contributed by atoms with E-state index < -0.39 is 0 Å². The van der Waals surface area contributed by atoms with Gasteiger partial charge in [0.15, 0.2) is 5.65 Å². The molecule has 0 aliphatic heterocycles. The molecule has 1 atom stereocenters. The number of aromatic nitrogens is 3. The van der Waals surface area contributed by atoms with Crippen LogP contribution in [0.4, 0.5) is 0 Å². The topological polar surface area (TPSA) is 79.3 Å². The third kappa shape index (κ3) is 3.71. The van der Waals surface area contributed by atoms with Gasteiger partial charge in [-0.25, -0.2) is 9.50 Å². The minimum absolute atomic E-state index is 0.0396. The molecule has 1 amide bonds. The molecule has 2 heterocycles. The first-order chi connectivity index (χ1) is 9.65. The second-order valence-corrected chi connectivity index (χ2v) is 6.68. The number of nitrogens with one attached hydrogen (secondary N) is 2. The van der Waals surface area contributed by atoms with Crippen molar-refractivity contribution in [3.63, 3.8) is 0 Å². The Morgan fingerprint density at radius 1 is 1.43 bits per heavy atom. The third-order valence-electron chi connectivity index (χ3n) is 3.11. The summed E-state index contributed by atoms with van der Waals surface area (Å²) in [6, 6.07) is 2.95. The summed E-state index contributed by atoms with van der Waals surface area (Å²) in [5.41, 5.74) is 1.74. The number of fused-ring (bicyclic) bond motifs is 1. The Labute approximate surface area is 123 Å². The largest absolute Gasteiger partial charge is 0.348 e. The first kappa shape index (κ1) is 15.3. The number of hydrogen-bond acceptors (Lipinski definition) is 3. The van der Waals surface area contributed by atoms with Crippen molar-refractivity contribution in [2.24, 2.45) is 5.41 Å². The van der Waals surface area contributed by atoms with Crippen molar-refractivity contribution in [1.29, 1.82) is 0 Å². The van der Waals surface area contributed by atoms with E-state index in [0.717, 1.165) is 5.69 Å². The molecule has 0 fully saturated rings. The van der Waals surface area contributed by atoms with Crippen LogP contribution in [0.3, 0.4) is 0 Å². The normalized spacial score (nSPS) is 13.4. The molecule has 21 heavy (non-hydrogen) atoms. The van der Waals surface area contributed by atoms with Crippen LogP contribution < -0.4 is 10.9 Å². The van der Waals surface area contributed by atoms with Gasteiger partial charge in [0.1, 0.15) is 0 Å². The summed E-state index contributed by atoms with van der Waals surface area (Å²) in [6.45, 7) is 9.73. The minimum atomic E-state index is -0.298. The van der Waals surface area contributed by atoms with Crippen molar-refractivity contribution in [2.45, 2.75) is 47.1 Å². The van der Waals surface area contributed by atoms with Crippen LogP contribution in [0.2, 0.25) is 0 Å². The Morgan fingerprint density at radius 3 is 2.71 bits per heavy atom. The fraction of sp³-hybridized carbons (Fsp3) is 0.533. The van der Waals surface area contributed by atoms with Crippen LogP contribution >= 0.6 is 0 Å². The van der Waals surface area contributed by atoms with E-state index in [4.69, 9.17) is 0 Å². The second-order valence-electron chi connectivity index (χ2n) is 6.68. The van der Waals surface area contributed by atoms with Crippen molar-refractivity contribution in [3.05, 3.63) is 33.9 Å². The molecule has 0 aliphatic rings. The number of aryl methyl sites for hydroxylation is 1. The lowest BCUT2D eigenvalue weighted by molar-refractivity contribution is -0.123. The molecular formula is C15H22N4O2. The predicted octanol–water partition coefficient (Wildman–Crippen LogP) is 1.94. The number of H-pyrrole nitrogens is 1. The summed E-state index contributed by atoms with van der Waals surface area (Å²) in [6.07, 6.45) is 0.432. The van der Waals surface area contributed by atoms with Crippen LogP contribution in [0.15, 0.2) is 16.9 Å². The van der Waals surface area contributed by atoms with Gasteiger partial charge in [0.25, 0.3) is 5.56 Å². The zero-order valence-corrected chi connectivity index (χ0v) is 13.2. The molecule has 6 heteroatoms. The Bertz CT molecular complexity index is 721. The standard InChI is InChI=1S/C15H22N4O2/c1-9-6-12-17-11(7-14(21)19(12)18-9)10(2)16-13(20)8-15(3,4)5/h6-7,10,18H,8H2,1-5H3,(H,16,20)/t10-/m0/s1. The van der Waals surface area contributed by atoms with Crippen LogP contribution in [-0.2, 0) is 4.79 Å². The lowest BCUT2D eigenvalue weighted by Crippen LogP contribution is -2.31. The Balaban J connectivity index is 2.21. The van der Waals surface area contributed by atoms with Crippen LogP contribution in [0.25, 0.3) is 5.65 Å². The monoisotopic (exact) mass is 290 g/mol. The van der Waals surface area contributed by atoms with Gasteiger partial charge < -0.3 is 5.32 Å². The summed E-state index contributed by atoms with van der Waals surface area (Å²) in [5.74, 6) is -0.0396. The Morgan fingerprint density at radius 2 is 2.10 bits per heavy atom. The number of rotatable bonds is 3. The van der Waals surface area contributed by atoms with E-state index in [1.54, 1.807) is 6.07 Å². The molecule has 0 unspecified atom stereocenters. The lowest BCUT2D eigenvalue weighted by atomic mass is 9.92. The van der Waals surface area contributed by atoms with E-state index in [2.05, 4.69) is 15.4 Å². The number of carbonyl (C=O) groups is 1. The van der Waals surface area contributed by atoms with Gasteiger partial charge in [0, 0.05) is 24.2 Å². The molecule has 114 valence electrons. The number of nitrogens with zero attached hydrogens (tertiary/aromatic N) is 2. The molecular weight excluding hydrogens is 268 g/mol. The molecule has 0 saturated carbocycles. The molecule has 0 aromatic carbocycles. The summed E-state index contributed by atoms with van der Waals surface area (Å²) >= 11 is 0. The summed E-state index contributed by atoms with van der Waals surface area (Å²) < 4.78 is 1.39. The summed E-state index contributed by atoms with van der Waals surface area (Å²) in [7, 11) is 0. The van der Waals surface area contributed by atoms with Crippen molar-refractivity contribution in [1.82, 2.24) is 19.9 Å². The number of amides is 1. The average molecular weight is 290 g/mol. The van der Waals surface area contributed by atoms with E-state index in [1.165, 1.54) is 10.6 Å². The highest BCUT2D eigenvalue weighted by atomic mass is 16.1. The van der Waals surface area contributed by atoms with Crippen LogP contribution in [0.5, 0.6) is 0 Å². The van der Waals surface area contributed by atoms with Crippen LogP contribution in [-0.4, -0.2) is 20.5 Å². The maximum absolute atomic E-state index is 12.0. The molecule has 2 aromatic rings. The number of aromatic amines is 1. The van der Waals surface area contributed by atoms with E-state index in [0.29, 0.717) is 17.8 Å². The molecule has 6 nitrogen and oxygen atoms in total. The molecule has 0 aliphatic carbocycles. The van der Waals surface area contributed by atoms with E-state index >= 15 is 0 Å². The fourth-order valence-electron chi connectivity index (χ4n) is 2.20. The molecule has 2 N–H and O–H groups in total. The van der Waals surface area contributed by atoms with Crippen LogP contribution in [0, 0.1) is 12.3 Å². The van der Waals surface area contributed by atoms with Gasteiger partial charge in [-0.1, -0.05) is 20.8 Å². The summed E-state index contributed by atoms with van der Waals surface area (Å²) in [4.78, 5) is 28.4. The van der Waals surface area contributed by atoms with E-state index in [-0.39, 0.29) is 22.9 Å². The van der Waals surface area contributed by atoms with Gasteiger partial charge in [-0.2, -0.15) is 0 Å². The fourth-order valence-corrected chi connectivity index (χ4v) is 2.20. The quantitative estimate of drug-likeness (QED) is 0.906. The molecule has 2 aromatic heterocycles. The Kier molecular flexibility index (Phi) is 3.89. The van der Waals surface area contributed by atoms with Crippen molar-refractivity contribution < 1.29 is 4.79 Å². The average Bonchev–Trinajstić information content (AvgIpc) is 2.67. The van der Waals surface area contributed by atoms with Gasteiger partial charge in [0.2, 0.25) is 5.91 Å². The first-order valence-corrected chi connectivity index (χ1v) is 7.04. The minimum Gasteiger partial charge on any atom is -0.348 e. The van der Waals surface area contributed by atoms with E-state index in [1.807, 2.05) is 34.6 Å². The zero-order chi connectivity index (χ0) is 15.8. The van der Waals surface area contributed by atoms with Gasteiger partial charge in [-0.3, -0.25) is 14.7 Å². The van der Waals surface area contributed by atoms with Gasteiger partial charge in [0.05, 0.1) is 11.7 Å². The van der Waals surface area contributed by atoms with Crippen molar-refractivity contribution in [3.8, 4) is 0 Å². The highest BCUT2D eigenvalue weighted by Gasteiger charge is 2.19. The Hall–Kier alpha value is -2.11. The van der Waals surface area contributed by atoms with Crippen molar-refractivity contribution in [2.75, 3.05) is 0 Å². The highest BCUT2D eigenvalue weighted by Crippen LogP contribution is 2.19. The van der Waals surface area contributed by atoms with Gasteiger partial charge in [-0.15, -0.1) is 0 Å². The maximum Gasteiger partial charge on any atom is 0.272 e. The van der Waals surface area contributed by atoms with Gasteiger partial charge in [-0.05, 0) is 19.3 Å². The van der Waals surface area contributed by atoms with Crippen LogP contribution in [0.1, 0.15) is 51.5 Å². The number of hydrogen-bond donors (Lipinski definition) is 2. The molecule has 0 radical (unpaired) electrons. The number of carbonyl (C=O) groups excluding carboxylic acids is 1.